The molecule has 1 aliphatic heterocycles. The Labute approximate surface area is 187 Å². The number of nitrogens with one attached hydrogen (secondary N) is 1. The maximum Gasteiger partial charge on any atom is 0.336 e. The molecule has 1 aliphatic rings. The average molecular weight is 436 g/mol. The molecule has 0 aliphatic carbocycles. The van der Waals surface area contributed by atoms with Crippen LogP contribution in [-0.4, -0.2) is 55.0 Å². The summed E-state index contributed by atoms with van der Waals surface area (Å²) in [5.41, 5.74) is 3.07. The predicted octanol–water partition coefficient (Wildman–Crippen LogP) is 3.26. The number of piperazine rings is 1. The van der Waals surface area contributed by atoms with E-state index in [0.717, 1.165) is 54.1 Å². The number of ether oxygens (including phenoxy) is 1. The van der Waals surface area contributed by atoms with Crippen LogP contribution in [0.25, 0.3) is 11.0 Å². The Balaban J connectivity index is 1.36. The van der Waals surface area contributed by atoms with Crippen molar-refractivity contribution in [3.8, 4) is 5.75 Å². The van der Waals surface area contributed by atoms with Gasteiger partial charge in [-0.3, -0.25) is 14.6 Å². The Morgan fingerprint density at radius 1 is 1.06 bits per heavy atom. The van der Waals surface area contributed by atoms with Crippen molar-refractivity contribution in [1.29, 1.82) is 0 Å². The fourth-order valence-corrected chi connectivity index (χ4v) is 4.05. The summed E-state index contributed by atoms with van der Waals surface area (Å²) in [6.07, 6.45) is 0. The van der Waals surface area contributed by atoms with Gasteiger partial charge in [0.2, 0.25) is 5.91 Å². The SMILES string of the molecule is CCOc1ccc2oc(=O)cc(CN3CCN(CC(=O)Nc4ccccc4C)CC3)c2c1. The van der Waals surface area contributed by atoms with Crippen molar-refractivity contribution in [2.24, 2.45) is 0 Å². The van der Waals surface area contributed by atoms with Crippen LogP contribution < -0.4 is 15.7 Å². The van der Waals surface area contributed by atoms with Gasteiger partial charge in [-0.25, -0.2) is 4.79 Å². The molecule has 0 saturated carbocycles. The minimum absolute atomic E-state index is 0.00265. The number of hydrogen-bond acceptors (Lipinski definition) is 6. The quantitative estimate of drug-likeness (QED) is 0.574. The normalized spacial score (nSPS) is 15.1. The van der Waals surface area contributed by atoms with Crippen LogP contribution in [0.4, 0.5) is 5.69 Å². The molecule has 1 fully saturated rings. The van der Waals surface area contributed by atoms with E-state index >= 15 is 0 Å². The number of fused-ring (bicyclic) bond motifs is 1. The molecule has 0 atom stereocenters. The molecule has 1 aromatic heterocycles. The summed E-state index contributed by atoms with van der Waals surface area (Å²) >= 11 is 0. The van der Waals surface area contributed by atoms with Crippen molar-refractivity contribution in [3.05, 3.63) is 70.1 Å². The molecule has 168 valence electrons. The molecule has 0 radical (unpaired) electrons. The number of benzene rings is 2. The first-order valence-corrected chi connectivity index (χ1v) is 11.0. The van der Waals surface area contributed by atoms with Crippen molar-refractivity contribution < 1.29 is 13.9 Å². The average Bonchev–Trinajstić information content (AvgIpc) is 2.77. The lowest BCUT2D eigenvalue weighted by atomic mass is 10.1. The Bertz CT molecular complexity index is 1150. The number of para-hydroxylation sites is 1. The van der Waals surface area contributed by atoms with E-state index in [1.54, 1.807) is 12.1 Å². The summed E-state index contributed by atoms with van der Waals surface area (Å²) in [7, 11) is 0. The monoisotopic (exact) mass is 435 g/mol. The van der Waals surface area contributed by atoms with E-state index in [0.29, 0.717) is 25.3 Å². The maximum atomic E-state index is 12.5. The third-order valence-electron chi connectivity index (χ3n) is 5.76. The molecule has 7 heteroatoms. The molecule has 3 aromatic rings. The third kappa shape index (κ3) is 5.36. The number of carbonyl (C=O) groups is 1. The molecular formula is C25H29N3O4. The summed E-state index contributed by atoms with van der Waals surface area (Å²) < 4.78 is 11.0. The van der Waals surface area contributed by atoms with Gasteiger partial charge in [0.1, 0.15) is 11.3 Å². The van der Waals surface area contributed by atoms with Crippen LogP contribution in [0, 0.1) is 6.92 Å². The highest BCUT2D eigenvalue weighted by molar-refractivity contribution is 5.92. The molecule has 0 bridgehead atoms. The van der Waals surface area contributed by atoms with Crippen LogP contribution >= 0.6 is 0 Å². The van der Waals surface area contributed by atoms with E-state index in [9.17, 15) is 9.59 Å². The summed E-state index contributed by atoms with van der Waals surface area (Å²) in [4.78, 5) is 29.0. The van der Waals surface area contributed by atoms with Gasteiger partial charge in [-0.2, -0.15) is 0 Å². The van der Waals surface area contributed by atoms with E-state index < -0.39 is 0 Å². The number of anilines is 1. The first kappa shape index (κ1) is 22.0. The van der Waals surface area contributed by atoms with E-state index in [4.69, 9.17) is 9.15 Å². The standard InChI is InChI=1S/C25H29N3O4/c1-3-31-20-8-9-23-21(15-20)19(14-25(30)32-23)16-27-10-12-28(13-11-27)17-24(29)26-22-7-5-4-6-18(22)2/h4-9,14-15H,3,10-13,16-17H2,1-2H3,(H,26,29). The molecule has 0 unspecified atom stereocenters. The van der Waals surface area contributed by atoms with Gasteiger partial charge in [0.05, 0.1) is 13.2 Å². The predicted molar refractivity (Wildman–Crippen MR) is 125 cm³/mol. The lowest BCUT2D eigenvalue weighted by Gasteiger charge is -2.34. The zero-order chi connectivity index (χ0) is 22.5. The lowest BCUT2D eigenvalue weighted by molar-refractivity contribution is -0.117. The van der Waals surface area contributed by atoms with E-state index in [1.807, 2.05) is 50.2 Å². The minimum atomic E-state index is -0.344. The first-order chi connectivity index (χ1) is 15.5. The van der Waals surface area contributed by atoms with Crippen molar-refractivity contribution in [2.45, 2.75) is 20.4 Å². The van der Waals surface area contributed by atoms with Crippen molar-refractivity contribution >= 4 is 22.6 Å². The number of rotatable bonds is 7. The molecule has 4 rings (SSSR count). The minimum Gasteiger partial charge on any atom is -0.494 e. The highest BCUT2D eigenvalue weighted by Gasteiger charge is 2.20. The largest absolute Gasteiger partial charge is 0.494 e. The number of nitrogens with zero attached hydrogens (tertiary/aromatic N) is 2. The summed E-state index contributed by atoms with van der Waals surface area (Å²) in [5.74, 6) is 0.766. The van der Waals surface area contributed by atoms with Gasteiger partial charge in [0.15, 0.2) is 0 Å². The van der Waals surface area contributed by atoms with Crippen LogP contribution in [-0.2, 0) is 11.3 Å². The number of carbonyl (C=O) groups excluding carboxylic acids is 1. The van der Waals surface area contributed by atoms with Gasteiger partial charge >= 0.3 is 5.63 Å². The number of hydrogen-bond donors (Lipinski definition) is 1. The van der Waals surface area contributed by atoms with Gasteiger partial charge in [-0.05, 0) is 49.2 Å². The van der Waals surface area contributed by atoms with E-state index in [2.05, 4.69) is 15.1 Å². The Morgan fingerprint density at radius 2 is 1.81 bits per heavy atom. The summed E-state index contributed by atoms with van der Waals surface area (Å²) in [6, 6.07) is 14.9. The highest BCUT2D eigenvalue weighted by Crippen LogP contribution is 2.24. The Kier molecular flexibility index (Phi) is 6.87. The molecule has 1 N–H and O–H groups in total. The van der Waals surface area contributed by atoms with Gasteiger partial charge < -0.3 is 14.5 Å². The second-order valence-electron chi connectivity index (χ2n) is 8.10. The Hall–Kier alpha value is -3.16. The molecule has 1 amide bonds. The summed E-state index contributed by atoms with van der Waals surface area (Å²) in [5, 5.41) is 3.90. The molecule has 32 heavy (non-hydrogen) atoms. The lowest BCUT2D eigenvalue weighted by Crippen LogP contribution is -2.48. The molecule has 0 spiro atoms. The fraction of sp³-hybridized carbons (Fsp3) is 0.360. The van der Waals surface area contributed by atoms with Crippen molar-refractivity contribution in [2.75, 3.05) is 44.6 Å². The van der Waals surface area contributed by atoms with E-state index in [1.165, 1.54) is 0 Å². The van der Waals surface area contributed by atoms with Crippen LogP contribution in [0.1, 0.15) is 18.1 Å². The molecule has 1 saturated heterocycles. The maximum absolute atomic E-state index is 12.5. The second kappa shape index (κ2) is 9.97. The molecule has 2 aromatic carbocycles. The van der Waals surface area contributed by atoms with E-state index in [-0.39, 0.29) is 11.5 Å². The summed E-state index contributed by atoms with van der Waals surface area (Å²) in [6.45, 7) is 8.77. The molecular weight excluding hydrogens is 406 g/mol. The van der Waals surface area contributed by atoms with Crippen LogP contribution in [0.5, 0.6) is 5.75 Å². The third-order valence-corrected chi connectivity index (χ3v) is 5.76. The molecule has 2 heterocycles. The van der Waals surface area contributed by atoms with Crippen LogP contribution in [0.15, 0.2) is 57.7 Å². The number of aryl methyl sites for hydroxylation is 1. The van der Waals surface area contributed by atoms with Crippen molar-refractivity contribution in [1.82, 2.24) is 9.80 Å². The zero-order valence-corrected chi connectivity index (χ0v) is 18.6. The van der Waals surface area contributed by atoms with Gasteiger partial charge in [-0.1, -0.05) is 18.2 Å². The molecule has 7 nitrogen and oxygen atoms in total. The fourth-order valence-electron chi connectivity index (χ4n) is 4.05. The van der Waals surface area contributed by atoms with Crippen LogP contribution in [0.3, 0.4) is 0 Å². The van der Waals surface area contributed by atoms with Gasteiger partial charge in [0.25, 0.3) is 0 Å². The smallest absolute Gasteiger partial charge is 0.336 e. The van der Waals surface area contributed by atoms with Crippen LogP contribution in [0.2, 0.25) is 0 Å². The topological polar surface area (TPSA) is 75.0 Å². The zero-order valence-electron chi connectivity index (χ0n) is 18.6. The Morgan fingerprint density at radius 3 is 2.56 bits per heavy atom. The second-order valence-corrected chi connectivity index (χ2v) is 8.10. The van der Waals surface area contributed by atoms with Gasteiger partial charge in [0, 0.05) is 49.9 Å². The van der Waals surface area contributed by atoms with Gasteiger partial charge in [-0.15, -0.1) is 0 Å². The number of amides is 1. The first-order valence-electron chi connectivity index (χ1n) is 11.0. The van der Waals surface area contributed by atoms with Crippen molar-refractivity contribution in [3.63, 3.8) is 0 Å². The highest BCUT2D eigenvalue weighted by atomic mass is 16.5.